The van der Waals surface area contributed by atoms with Gasteiger partial charge in [0.25, 0.3) is 0 Å². The van der Waals surface area contributed by atoms with Crippen molar-refractivity contribution in [1.29, 1.82) is 0 Å². The summed E-state index contributed by atoms with van der Waals surface area (Å²) >= 11 is 1.99. The predicted molar refractivity (Wildman–Crippen MR) is 159 cm³/mol. The first-order valence-corrected chi connectivity index (χ1v) is 14.3. The number of aryl methyl sites for hydroxylation is 1. The van der Waals surface area contributed by atoms with Crippen molar-refractivity contribution in [2.24, 2.45) is 5.92 Å². The molecule has 0 saturated heterocycles. The summed E-state index contributed by atoms with van der Waals surface area (Å²) in [5.41, 5.74) is 11.7. The molecule has 8 rings (SSSR count). The van der Waals surface area contributed by atoms with Gasteiger partial charge in [-0.2, -0.15) is 0 Å². The van der Waals surface area contributed by atoms with Crippen molar-refractivity contribution >= 4 is 39.1 Å². The van der Waals surface area contributed by atoms with Crippen LogP contribution < -0.4 is 0 Å². The Morgan fingerprint density at radius 3 is 2.73 bits per heavy atom. The molecule has 0 amide bonds. The van der Waals surface area contributed by atoms with Crippen LogP contribution in [-0.2, 0) is 6.42 Å². The molecule has 1 aromatic heterocycles. The van der Waals surface area contributed by atoms with Crippen molar-refractivity contribution in [3.63, 3.8) is 0 Å². The van der Waals surface area contributed by atoms with Gasteiger partial charge >= 0.3 is 0 Å². The van der Waals surface area contributed by atoms with Crippen LogP contribution in [0, 0.1) is 5.92 Å². The van der Waals surface area contributed by atoms with Gasteiger partial charge in [0.05, 0.1) is 0 Å². The van der Waals surface area contributed by atoms with E-state index < -0.39 is 0 Å². The van der Waals surface area contributed by atoms with E-state index in [9.17, 15) is 0 Å². The predicted octanol–water partition coefficient (Wildman–Crippen LogP) is 9.70. The summed E-state index contributed by atoms with van der Waals surface area (Å²) in [6, 6.07) is 25.4. The summed E-state index contributed by atoms with van der Waals surface area (Å²) in [6.07, 6.45) is 22.2. The maximum absolute atomic E-state index is 2.47. The van der Waals surface area contributed by atoms with Gasteiger partial charge in [-0.3, -0.25) is 0 Å². The lowest BCUT2D eigenvalue weighted by molar-refractivity contribution is 0.639. The van der Waals surface area contributed by atoms with E-state index in [1.165, 1.54) is 59.5 Å². The van der Waals surface area contributed by atoms with E-state index in [4.69, 9.17) is 0 Å². The highest BCUT2D eigenvalue weighted by Crippen LogP contribution is 2.55. The Bertz CT molecular complexity index is 1720. The van der Waals surface area contributed by atoms with Crippen LogP contribution in [0.4, 0.5) is 0 Å². The SMILES string of the molecule is C1=CC2=C(C3CC=Cc4c3sc3ccccc43)c3ccccc3C(c3ccc4c(c3)C=CCC4)C2C=C1. The molecular formula is C36H28S. The minimum absolute atomic E-state index is 0.331. The van der Waals surface area contributed by atoms with Gasteiger partial charge in [0.1, 0.15) is 0 Å². The van der Waals surface area contributed by atoms with Gasteiger partial charge in [0, 0.05) is 27.3 Å². The largest absolute Gasteiger partial charge is 0.139 e. The Hall–Kier alpha value is -3.68. The molecule has 3 atom stereocenters. The molecule has 0 spiro atoms. The molecule has 3 aromatic carbocycles. The van der Waals surface area contributed by atoms with Crippen LogP contribution in [0.25, 0.3) is 27.8 Å². The number of allylic oxidation sites excluding steroid dienone is 8. The lowest BCUT2D eigenvalue weighted by Gasteiger charge is -2.39. The third-order valence-corrected chi connectivity index (χ3v) is 10.0. The second-order valence-electron chi connectivity index (χ2n) is 10.7. The summed E-state index contributed by atoms with van der Waals surface area (Å²) < 4.78 is 1.40. The fourth-order valence-electron chi connectivity index (χ4n) is 7.09. The molecule has 37 heavy (non-hydrogen) atoms. The fraction of sp³-hybridized carbons (Fsp3) is 0.167. The lowest BCUT2D eigenvalue weighted by atomic mass is 9.64. The van der Waals surface area contributed by atoms with Gasteiger partial charge < -0.3 is 0 Å². The summed E-state index contributed by atoms with van der Waals surface area (Å²) in [7, 11) is 0. The molecule has 4 aliphatic rings. The van der Waals surface area contributed by atoms with Crippen molar-refractivity contribution in [1.82, 2.24) is 0 Å². The molecule has 178 valence electrons. The normalized spacial score (nSPS) is 23.1. The minimum atomic E-state index is 0.331. The molecular weight excluding hydrogens is 464 g/mol. The van der Waals surface area contributed by atoms with Crippen LogP contribution in [0.15, 0.2) is 109 Å². The first kappa shape index (κ1) is 21.4. The number of benzene rings is 3. The molecule has 0 saturated carbocycles. The molecule has 0 nitrogen and oxygen atoms in total. The Balaban J connectivity index is 1.34. The lowest BCUT2D eigenvalue weighted by Crippen LogP contribution is -2.24. The van der Waals surface area contributed by atoms with Gasteiger partial charge in [-0.15, -0.1) is 11.3 Å². The first-order valence-electron chi connectivity index (χ1n) is 13.5. The number of thiophene rings is 1. The van der Waals surface area contributed by atoms with Crippen LogP contribution in [0.2, 0.25) is 0 Å². The highest BCUT2D eigenvalue weighted by Gasteiger charge is 2.38. The van der Waals surface area contributed by atoms with Crippen molar-refractivity contribution in [2.75, 3.05) is 0 Å². The molecule has 0 aliphatic heterocycles. The third-order valence-electron chi connectivity index (χ3n) is 8.71. The average molecular weight is 493 g/mol. The molecule has 3 unspecified atom stereocenters. The Labute approximate surface area is 222 Å². The Morgan fingerprint density at radius 2 is 1.73 bits per heavy atom. The molecule has 0 N–H and O–H groups in total. The molecule has 4 aromatic rings. The topological polar surface area (TPSA) is 0 Å². The van der Waals surface area contributed by atoms with Crippen LogP contribution in [-0.4, -0.2) is 0 Å². The minimum Gasteiger partial charge on any atom is -0.139 e. The number of hydrogen-bond donors (Lipinski definition) is 0. The zero-order valence-electron chi connectivity index (χ0n) is 20.7. The maximum Gasteiger partial charge on any atom is 0.0352 e. The van der Waals surface area contributed by atoms with Crippen LogP contribution in [0.1, 0.15) is 62.9 Å². The number of fused-ring (bicyclic) bond motifs is 6. The molecule has 0 fully saturated rings. The highest BCUT2D eigenvalue weighted by atomic mass is 32.1. The third kappa shape index (κ3) is 3.27. The monoisotopic (exact) mass is 492 g/mol. The van der Waals surface area contributed by atoms with Crippen molar-refractivity contribution in [3.8, 4) is 0 Å². The van der Waals surface area contributed by atoms with E-state index in [0.717, 1.165) is 19.3 Å². The first-order chi connectivity index (χ1) is 18.4. The number of rotatable bonds is 2. The van der Waals surface area contributed by atoms with E-state index in [-0.39, 0.29) is 0 Å². The summed E-state index contributed by atoms with van der Waals surface area (Å²) in [5.74, 6) is 1.07. The molecule has 1 heterocycles. The second-order valence-corrected chi connectivity index (χ2v) is 11.8. The van der Waals surface area contributed by atoms with E-state index >= 15 is 0 Å². The molecule has 1 heteroatoms. The highest BCUT2D eigenvalue weighted by molar-refractivity contribution is 7.19. The van der Waals surface area contributed by atoms with E-state index in [1.54, 1.807) is 0 Å². The Morgan fingerprint density at radius 1 is 0.811 bits per heavy atom. The van der Waals surface area contributed by atoms with Crippen LogP contribution >= 0.6 is 11.3 Å². The summed E-state index contributed by atoms with van der Waals surface area (Å²) in [4.78, 5) is 1.53. The van der Waals surface area contributed by atoms with Gasteiger partial charge in [0.2, 0.25) is 0 Å². The molecule has 0 radical (unpaired) electrons. The van der Waals surface area contributed by atoms with Gasteiger partial charge in [-0.1, -0.05) is 109 Å². The molecule has 4 aliphatic carbocycles. The van der Waals surface area contributed by atoms with Crippen LogP contribution in [0.5, 0.6) is 0 Å². The average Bonchev–Trinajstić information content (AvgIpc) is 3.35. The van der Waals surface area contributed by atoms with E-state index in [0.29, 0.717) is 17.8 Å². The van der Waals surface area contributed by atoms with Gasteiger partial charge in [-0.05, 0) is 75.2 Å². The van der Waals surface area contributed by atoms with Gasteiger partial charge in [0.15, 0.2) is 0 Å². The number of hydrogen-bond acceptors (Lipinski definition) is 1. The van der Waals surface area contributed by atoms with Crippen molar-refractivity contribution in [2.45, 2.75) is 31.1 Å². The maximum atomic E-state index is 2.47. The molecule has 0 bridgehead atoms. The summed E-state index contributed by atoms with van der Waals surface area (Å²) in [6.45, 7) is 0. The summed E-state index contributed by atoms with van der Waals surface area (Å²) in [5, 5.41) is 1.40. The fourth-order valence-corrected chi connectivity index (χ4v) is 8.40. The van der Waals surface area contributed by atoms with E-state index in [1.807, 2.05) is 11.3 Å². The standard InChI is InChI=1S/C36H28S/c1-2-11-24-22-25(21-20-23(24)10-1)34-27-13-3-5-15-29(27)35(30-16-6-4-14-28(30)34)32-18-9-17-31-26-12-7-8-19-33(26)37-36(31)32/h2-9,11-17,19-22,27,32,34H,1,10,18H2. The van der Waals surface area contributed by atoms with E-state index in [2.05, 4.69) is 115 Å². The zero-order valence-corrected chi connectivity index (χ0v) is 21.5. The second kappa shape index (κ2) is 8.43. The quantitative estimate of drug-likeness (QED) is 0.261. The van der Waals surface area contributed by atoms with Crippen molar-refractivity contribution in [3.05, 3.63) is 147 Å². The van der Waals surface area contributed by atoms with Gasteiger partial charge in [-0.25, -0.2) is 0 Å². The smallest absolute Gasteiger partial charge is 0.0352 e. The zero-order chi connectivity index (χ0) is 24.3. The van der Waals surface area contributed by atoms with Crippen molar-refractivity contribution < 1.29 is 0 Å². The van der Waals surface area contributed by atoms with Crippen LogP contribution in [0.3, 0.4) is 0 Å². The Kier molecular flexibility index (Phi) is 4.88.